The standard InChI is InChI=1S/C8H14N2O2/c1-3-5-8(10,7(9)12)6(11)4-2/h4H,2-3,5,10H2,1H3,(H2,9,12). The van der Waals surface area contributed by atoms with Gasteiger partial charge >= 0.3 is 0 Å². The van der Waals surface area contributed by atoms with Crippen molar-refractivity contribution in [2.75, 3.05) is 0 Å². The number of carbonyl (C=O) groups excluding carboxylic acids is 2. The molecule has 12 heavy (non-hydrogen) atoms. The molecular formula is C8H14N2O2. The van der Waals surface area contributed by atoms with Crippen LogP contribution in [0.4, 0.5) is 0 Å². The molecule has 0 aromatic carbocycles. The van der Waals surface area contributed by atoms with Gasteiger partial charge < -0.3 is 11.5 Å². The minimum absolute atomic E-state index is 0.257. The Bertz CT molecular complexity index is 213. The highest BCUT2D eigenvalue weighted by molar-refractivity contribution is 6.14. The van der Waals surface area contributed by atoms with Crippen molar-refractivity contribution in [3.63, 3.8) is 0 Å². The fourth-order valence-corrected chi connectivity index (χ4v) is 0.944. The molecular weight excluding hydrogens is 156 g/mol. The lowest BCUT2D eigenvalue weighted by molar-refractivity contribution is -0.131. The third-order valence-corrected chi connectivity index (χ3v) is 1.71. The summed E-state index contributed by atoms with van der Waals surface area (Å²) in [5, 5.41) is 0. The number of rotatable bonds is 5. The molecule has 0 saturated heterocycles. The quantitative estimate of drug-likeness (QED) is 0.439. The second-order valence-corrected chi connectivity index (χ2v) is 2.65. The first-order valence-corrected chi connectivity index (χ1v) is 3.74. The first-order valence-electron chi connectivity index (χ1n) is 3.74. The van der Waals surface area contributed by atoms with Gasteiger partial charge in [0, 0.05) is 0 Å². The molecule has 0 aromatic heterocycles. The predicted octanol–water partition coefficient (Wildman–Crippen LogP) is -0.276. The number of hydrogen-bond acceptors (Lipinski definition) is 3. The molecule has 0 aromatic rings. The van der Waals surface area contributed by atoms with E-state index >= 15 is 0 Å². The summed E-state index contributed by atoms with van der Waals surface area (Å²) in [6, 6.07) is 0. The lowest BCUT2D eigenvalue weighted by Gasteiger charge is -2.21. The van der Waals surface area contributed by atoms with E-state index in [0.29, 0.717) is 6.42 Å². The van der Waals surface area contributed by atoms with Gasteiger partial charge in [0.05, 0.1) is 0 Å². The molecule has 0 aliphatic carbocycles. The van der Waals surface area contributed by atoms with Gasteiger partial charge in [0.2, 0.25) is 5.91 Å². The molecule has 0 rings (SSSR count). The maximum Gasteiger partial charge on any atom is 0.245 e. The highest BCUT2D eigenvalue weighted by Crippen LogP contribution is 2.10. The van der Waals surface area contributed by atoms with Gasteiger partial charge in [-0.05, 0) is 12.5 Å². The van der Waals surface area contributed by atoms with Crippen molar-refractivity contribution in [2.45, 2.75) is 25.3 Å². The summed E-state index contributed by atoms with van der Waals surface area (Å²) in [4.78, 5) is 22.0. The van der Waals surface area contributed by atoms with Gasteiger partial charge in [-0.2, -0.15) is 0 Å². The second kappa shape index (κ2) is 4.01. The maximum absolute atomic E-state index is 11.1. The molecule has 1 atom stereocenters. The smallest absolute Gasteiger partial charge is 0.245 e. The van der Waals surface area contributed by atoms with Crippen LogP contribution in [0.2, 0.25) is 0 Å². The first kappa shape index (κ1) is 10.8. The average molecular weight is 170 g/mol. The number of nitrogens with two attached hydrogens (primary N) is 2. The molecule has 1 unspecified atom stereocenters. The predicted molar refractivity (Wildman–Crippen MR) is 46.2 cm³/mol. The Hall–Kier alpha value is -1.16. The maximum atomic E-state index is 11.1. The fraction of sp³-hybridized carbons (Fsp3) is 0.500. The lowest BCUT2D eigenvalue weighted by atomic mass is 9.89. The monoisotopic (exact) mass is 170 g/mol. The molecule has 0 bridgehead atoms. The zero-order valence-corrected chi connectivity index (χ0v) is 7.17. The summed E-state index contributed by atoms with van der Waals surface area (Å²) in [5.74, 6) is -1.31. The number of carbonyl (C=O) groups is 2. The van der Waals surface area contributed by atoms with Crippen molar-refractivity contribution < 1.29 is 9.59 Å². The van der Waals surface area contributed by atoms with Crippen LogP contribution in [0.3, 0.4) is 0 Å². The van der Waals surface area contributed by atoms with Crippen LogP contribution in [-0.2, 0) is 9.59 Å². The largest absolute Gasteiger partial charge is 0.368 e. The van der Waals surface area contributed by atoms with Gasteiger partial charge in [0.1, 0.15) is 0 Å². The summed E-state index contributed by atoms with van der Waals surface area (Å²) in [6.07, 6.45) is 1.91. The Balaban J connectivity index is 4.72. The average Bonchev–Trinajstić information content (AvgIpc) is 2.03. The van der Waals surface area contributed by atoms with E-state index < -0.39 is 17.2 Å². The summed E-state index contributed by atoms with van der Waals surface area (Å²) >= 11 is 0. The molecule has 0 heterocycles. The Morgan fingerprint density at radius 2 is 2.08 bits per heavy atom. The van der Waals surface area contributed by atoms with Gasteiger partial charge in [-0.3, -0.25) is 9.59 Å². The Labute approximate surface area is 71.6 Å². The molecule has 0 aliphatic rings. The topological polar surface area (TPSA) is 86.2 Å². The summed E-state index contributed by atoms with van der Waals surface area (Å²) in [5.41, 5.74) is 8.95. The van der Waals surface area contributed by atoms with E-state index in [1.807, 2.05) is 6.92 Å². The normalized spacial score (nSPS) is 14.8. The van der Waals surface area contributed by atoms with Crippen molar-refractivity contribution in [3.05, 3.63) is 12.7 Å². The van der Waals surface area contributed by atoms with Crippen LogP contribution in [0.1, 0.15) is 19.8 Å². The number of ketones is 1. The molecule has 4 nitrogen and oxygen atoms in total. The zero-order valence-electron chi connectivity index (χ0n) is 7.17. The molecule has 0 radical (unpaired) electrons. The Kier molecular flexibility index (Phi) is 3.63. The van der Waals surface area contributed by atoms with Crippen molar-refractivity contribution in [3.8, 4) is 0 Å². The van der Waals surface area contributed by atoms with Crippen LogP contribution in [0.15, 0.2) is 12.7 Å². The Morgan fingerprint density at radius 3 is 2.33 bits per heavy atom. The third kappa shape index (κ3) is 1.92. The van der Waals surface area contributed by atoms with Crippen LogP contribution in [0.5, 0.6) is 0 Å². The number of amides is 1. The highest BCUT2D eigenvalue weighted by atomic mass is 16.2. The van der Waals surface area contributed by atoms with Crippen molar-refractivity contribution >= 4 is 11.7 Å². The zero-order chi connectivity index (χ0) is 9.78. The van der Waals surface area contributed by atoms with Crippen LogP contribution in [-0.4, -0.2) is 17.2 Å². The molecule has 4 heteroatoms. The second-order valence-electron chi connectivity index (χ2n) is 2.65. The van der Waals surface area contributed by atoms with Crippen LogP contribution < -0.4 is 11.5 Å². The van der Waals surface area contributed by atoms with E-state index in [0.717, 1.165) is 6.08 Å². The third-order valence-electron chi connectivity index (χ3n) is 1.71. The van der Waals surface area contributed by atoms with Crippen LogP contribution >= 0.6 is 0 Å². The van der Waals surface area contributed by atoms with E-state index in [2.05, 4.69) is 6.58 Å². The first-order chi connectivity index (χ1) is 5.49. The Morgan fingerprint density at radius 1 is 1.58 bits per heavy atom. The molecule has 0 saturated carbocycles. The van der Waals surface area contributed by atoms with Crippen molar-refractivity contribution in [2.24, 2.45) is 11.5 Å². The van der Waals surface area contributed by atoms with Gasteiger partial charge in [0.15, 0.2) is 11.3 Å². The molecule has 0 fully saturated rings. The number of hydrogen-bond donors (Lipinski definition) is 2. The van der Waals surface area contributed by atoms with Gasteiger partial charge in [0.25, 0.3) is 0 Å². The summed E-state index contributed by atoms with van der Waals surface area (Å²) in [7, 11) is 0. The lowest BCUT2D eigenvalue weighted by Crippen LogP contribution is -2.57. The van der Waals surface area contributed by atoms with E-state index in [9.17, 15) is 9.59 Å². The van der Waals surface area contributed by atoms with E-state index in [1.165, 1.54) is 0 Å². The number of primary amides is 1. The molecule has 1 amide bonds. The van der Waals surface area contributed by atoms with Crippen LogP contribution in [0.25, 0.3) is 0 Å². The van der Waals surface area contributed by atoms with Crippen molar-refractivity contribution in [1.82, 2.24) is 0 Å². The van der Waals surface area contributed by atoms with Gasteiger partial charge in [-0.1, -0.05) is 19.9 Å². The molecule has 0 aliphatic heterocycles. The minimum atomic E-state index is -1.56. The minimum Gasteiger partial charge on any atom is -0.368 e. The molecule has 4 N–H and O–H groups in total. The highest BCUT2D eigenvalue weighted by Gasteiger charge is 2.37. The van der Waals surface area contributed by atoms with E-state index in [-0.39, 0.29) is 6.42 Å². The van der Waals surface area contributed by atoms with Gasteiger partial charge in [-0.15, -0.1) is 0 Å². The summed E-state index contributed by atoms with van der Waals surface area (Å²) in [6.45, 7) is 5.07. The van der Waals surface area contributed by atoms with E-state index in [1.54, 1.807) is 0 Å². The fourth-order valence-electron chi connectivity index (χ4n) is 0.944. The van der Waals surface area contributed by atoms with Crippen molar-refractivity contribution in [1.29, 1.82) is 0 Å². The van der Waals surface area contributed by atoms with Gasteiger partial charge in [-0.25, -0.2) is 0 Å². The SMILES string of the molecule is C=CC(=O)C(N)(CCC)C(N)=O. The summed E-state index contributed by atoms with van der Waals surface area (Å²) < 4.78 is 0. The molecule has 0 spiro atoms. The molecule has 68 valence electrons. The van der Waals surface area contributed by atoms with E-state index in [4.69, 9.17) is 11.5 Å². The van der Waals surface area contributed by atoms with Crippen LogP contribution in [0, 0.1) is 0 Å².